The minimum atomic E-state index is 0.0417. The number of methoxy groups -OCH3 is 1. The Bertz CT molecular complexity index is 97.2. The lowest BCUT2D eigenvalue weighted by Crippen LogP contribution is -2.15. The summed E-state index contributed by atoms with van der Waals surface area (Å²) in [5.74, 6) is 0. The number of hydrogen-bond acceptors (Lipinski definition) is 2. The smallest absolute Gasteiger partial charge is 0.207 e. The van der Waals surface area contributed by atoms with Crippen LogP contribution in [0.2, 0.25) is 0 Å². The van der Waals surface area contributed by atoms with Crippen molar-refractivity contribution in [1.82, 2.24) is 5.32 Å². The normalized spacial score (nSPS) is 9.75. The monoisotopic (exact) mass is 175 g/mol. The molecule has 0 unspecified atom stereocenters. The molecule has 0 spiro atoms. The van der Waals surface area contributed by atoms with Crippen LogP contribution in [-0.2, 0) is 9.53 Å². The van der Waals surface area contributed by atoms with Crippen LogP contribution in [-0.4, -0.2) is 25.7 Å². The summed E-state index contributed by atoms with van der Waals surface area (Å²) in [5, 5.41) is 2.52. The third-order valence-corrected chi connectivity index (χ3v) is 1.09. The molecule has 1 N–H and O–H groups in total. The molecule has 74 valence electrons. The highest BCUT2D eigenvalue weighted by atomic mass is 16.5. The van der Waals surface area contributed by atoms with E-state index in [1.165, 1.54) is 0 Å². The molecule has 0 saturated carbocycles. The van der Waals surface area contributed by atoms with Gasteiger partial charge in [-0.15, -0.1) is 0 Å². The molecule has 0 rings (SSSR count). The van der Waals surface area contributed by atoms with Gasteiger partial charge in [0.1, 0.15) is 0 Å². The molecule has 0 radical (unpaired) electrons. The van der Waals surface area contributed by atoms with Crippen molar-refractivity contribution in [2.24, 2.45) is 0 Å². The van der Waals surface area contributed by atoms with Crippen LogP contribution < -0.4 is 5.32 Å². The summed E-state index contributed by atoms with van der Waals surface area (Å²) in [6, 6.07) is 0. The number of amides is 1. The number of carbonyl (C=O) groups is 1. The van der Waals surface area contributed by atoms with Crippen LogP contribution in [0.4, 0.5) is 0 Å². The minimum Gasteiger partial charge on any atom is -0.379 e. The summed E-state index contributed by atoms with van der Waals surface area (Å²) in [5.41, 5.74) is 0.0417. The molecule has 0 aromatic rings. The van der Waals surface area contributed by atoms with E-state index in [0.29, 0.717) is 6.41 Å². The Labute approximate surface area is 75.5 Å². The van der Waals surface area contributed by atoms with Crippen LogP contribution in [0.5, 0.6) is 0 Å². The second kappa shape index (κ2) is 8.53. The molecular weight excluding hydrogens is 154 g/mol. The first-order valence-corrected chi connectivity index (χ1v) is 4.20. The molecule has 0 aliphatic rings. The van der Waals surface area contributed by atoms with Crippen molar-refractivity contribution in [3.63, 3.8) is 0 Å². The molecule has 0 aliphatic carbocycles. The van der Waals surface area contributed by atoms with Crippen molar-refractivity contribution < 1.29 is 9.53 Å². The van der Waals surface area contributed by atoms with Crippen molar-refractivity contribution in [3.8, 4) is 0 Å². The van der Waals surface area contributed by atoms with E-state index in [1.807, 2.05) is 27.7 Å². The molecule has 0 atom stereocenters. The first-order valence-electron chi connectivity index (χ1n) is 4.20. The van der Waals surface area contributed by atoms with Gasteiger partial charge >= 0.3 is 0 Å². The van der Waals surface area contributed by atoms with Gasteiger partial charge in [-0.1, -0.05) is 6.92 Å². The van der Waals surface area contributed by atoms with Crippen molar-refractivity contribution in [2.75, 3.05) is 13.7 Å². The van der Waals surface area contributed by atoms with Crippen LogP contribution in [0.15, 0.2) is 0 Å². The molecule has 0 saturated heterocycles. The SMILES string of the molecule is CCCNC=O.COC(C)(C)C. The zero-order valence-electron chi connectivity index (χ0n) is 8.81. The fraction of sp³-hybridized carbons (Fsp3) is 0.889. The molecule has 0 heterocycles. The molecule has 0 fully saturated rings. The maximum Gasteiger partial charge on any atom is 0.207 e. The first kappa shape index (κ1) is 14.0. The van der Waals surface area contributed by atoms with E-state index in [0.717, 1.165) is 13.0 Å². The van der Waals surface area contributed by atoms with Crippen LogP contribution in [0.25, 0.3) is 0 Å². The Morgan fingerprint density at radius 2 is 1.83 bits per heavy atom. The Kier molecular flexibility index (Phi) is 9.93. The van der Waals surface area contributed by atoms with Crippen LogP contribution in [0.3, 0.4) is 0 Å². The van der Waals surface area contributed by atoms with E-state index in [2.05, 4.69) is 5.32 Å². The summed E-state index contributed by atoms with van der Waals surface area (Å²) in [7, 11) is 1.71. The Hall–Kier alpha value is -0.570. The van der Waals surface area contributed by atoms with Crippen LogP contribution in [0.1, 0.15) is 34.1 Å². The molecule has 3 heteroatoms. The maximum absolute atomic E-state index is 9.45. The fourth-order valence-corrected chi connectivity index (χ4v) is 0.203. The predicted molar refractivity (Wildman–Crippen MR) is 51.1 cm³/mol. The molecule has 12 heavy (non-hydrogen) atoms. The average molecular weight is 175 g/mol. The Morgan fingerprint density at radius 3 is 1.92 bits per heavy atom. The highest BCUT2D eigenvalue weighted by Crippen LogP contribution is 2.02. The molecule has 3 nitrogen and oxygen atoms in total. The number of carbonyl (C=O) groups excluding carboxylic acids is 1. The van der Waals surface area contributed by atoms with E-state index in [1.54, 1.807) is 7.11 Å². The second-order valence-electron chi connectivity index (χ2n) is 3.39. The van der Waals surface area contributed by atoms with Crippen molar-refractivity contribution in [2.45, 2.75) is 39.7 Å². The van der Waals surface area contributed by atoms with Gasteiger partial charge in [-0.3, -0.25) is 4.79 Å². The van der Waals surface area contributed by atoms with E-state index in [9.17, 15) is 4.79 Å². The van der Waals surface area contributed by atoms with Gasteiger partial charge < -0.3 is 10.1 Å². The predicted octanol–water partition coefficient (Wildman–Crippen LogP) is 1.57. The highest BCUT2D eigenvalue weighted by molar-refractivity contribution is 5.45. The number of ether oxygens (including phenoxy) is 1. The number of rotatable bonds is 3. The summed E-state index contributed by atoms with van der Waals surface area (Å²) in [6.45, 7) is 8.87. The van der Waals surface area contributed by atoms with Gasteiger partial charge in [0.2, 0.25) is 6.41 Å². The zero-order chi connectivity index (χ0) is 10.0. The van der Waals surface area contributed by atoms with Crippen LogP contribution >= 0.6 is 0 Å². The third kappa shape index (κ3) is 22.7. The lowest BCUT2D eigenvalue weighted by atomic mass is 10.2. The lowest BCUT2D eigenvalue weighted by Gasteiger charge is -2.14. The summed E-state index contributed by atoms with van der Waals surface area (Å²) in [4.78, 5) is 9.45. The minimum absolute atomic E-state index is 0.0417. The molecular formula is C9H21NO2. The van der Waals surface area contributed by atoms with Gasteiger partial charge in [0.15, 0.2) is 0 Å². The number of nitrogens with one attached hydrogen (secondary N) is 1. The maximum atomic E-state index is 9.45. The third-order valence-electron chi connectivity index (χ3n) is 1.09. The zero-order valence-corrected chi connectivity index (χ0v) is 8.81. The topological polar surface area (TPSA) is 38.3 Å². The Balaban J connectivity index is 0. The van der Waals surface area contributed by atoms with Gasteiger partial charge in [0, 0.05) is 13.7 Å². The summed E-state index contributed by atoms with van der Waals surface area (Å²) in [6.07, 6.45) is 1.72. The summed E-state index contributed by atoms with van der Waals surface area (Å²) >= 11 is 0. The first-order chi connectivity index (χ1) is 5.47. The largest absolute Gasteiger partial charge is 0.379 e. The molecule has 0 bridgehead atoms. The van der Waals surface area contributed by atoms with Gasteiger partial charge in [0.05, 0.1) is 5.60 Å². The fourth-order valence-electron chi connectivity index (χ4n) is 0.203. The highest BCUT2D eigenvalue weighted by Gasteiger charge is 2.03. The lowest BCUT2D eigenvalue weighted by molar-refractivity contribution is -0.109. The van der Waals surface area contributed by atoms with E-state index in [-0.39, 0.29) is 5.60 Å². The van der Waals surface area contributed by atoms with Crippen LogP contribution in [0, 0.1) is 0 Å². The second-order valence-corrected chi connectivity index (χ2v) is 3.39. The van der Waals surface area contributed by atoms with Gasteiger partial charge in [-0.2, -0.15) is 0 Å². The van der Waals surface area contributed by atoms with E-state index >= 15 is 0 Å². The van der Waals surface area contributed by atoms with Crippen molar-refractivity contribution in [3.05, 3.63) is 0 Å². The number of hydrogen-bond donors (Lipinski definition) is 1. The quantitative estimate of drug-likeness (QED) is 0.522. The standard InChI is InChI=1S/C5H12O.C4H9NO/c1-5(2,3)6-4;1-2-3-5-4-6/h1-4H3;4H,2-3H2,1H3,(H,5,6). The average Bonchev–Trinajstić information content (AvgIpc) is 2.01. The van der Waals surface area contributed by atoms with Gasteiger partial charge in [0.25, 0.3) is 0 Å². The Morgan fingerprint density at radius 1 is 1.42 bits per heavy atom. The molecule has 0 aliphatic heterocycles. The molecule has 0 aromatic carbocycles. The van der Waals surface area contributed by atoms with Gasteiger partial charge in [-0.05, 0) is 27.2 Å². The van der Waals surface area contributed by atoms with Gasteiger partial charge in [-0.25, -0.2) is 0 Å². The van der Waals surface area contributed by atoms with E-state index < -0.39 is 0 Å². The van der Waals surface area contributed by atoms with E-state index in [4.69, 9.17) is 4.74 Å². The molecule has 0 aromatic heterocycles. The van der Waals surface area contributed by atoms with Crippen molar-refractivity contribution in [1.29, 1.82) is 0 Å². The molecule has 1 amide bonds. The van der Waals surface area contributed by atoms with Crippen molar-refractivity contribution >= 4 is 6.41 Å². The summed E-state index contributed by atoms with van der Waals surface area (Å²) < 4.78 is 4.94.